The van der Waals surface area contributed by atoms with Crippen LogP contribution in [0.4, 0.5) is 4.79 Å². The highest BCUT2D eigenvalue weighted by Crippen LogP contribution is 2.34. The normalized spacial score (nSPS) is 23.1. The van der Waals surface area contributed by atoms with Crippen LogP contribution in [0.25, 0.3) is 0 Å². The summed E-state index contributed by atoms with van der Waals surface area (Å²) in [6.45, 7) is 2.69. The van der Waals surface area contributed by atoms with Crippen molar-refractivity contribution in [2.75, 3.05) is 39.3 Å². The second kappa shape index (κ2) is 13.6. The molecule has 3 aliphatic heterocycles. The number of nitrogens with one attached hydrogen (secondary N) is 1. The summed E-state index contributed by atoms with van der Waals surface area (Å²) in [4.78, 5) is 56.7. The van der Waals surface area contributed by atoms with Gasteiger partial charge in [0.05, 0.1) is 5.92 Å². The van der Waals surface area contributed by atoms with Crippen LogP contribution in [0.15, 0.2) is 30.3 Å². The second-order valence-corrected chi connectivity index (χ2v) is 11.2. The predicted octanol–water partition coefficient (Wildman–Crippen LogP) is 2.35. The van der Waals surface area contributed by atoms with Gasteiger partial charge in [-0.1, -0.05) is 36.8 Å². The number of hydrogen-bond donors (Lipinski definition) is 3. The topological polar surface area (TPSA) is 151 Å². The van der Waals surface area contributed by atoms with E-state index in [0.29, 0.717) is 38.9 Å². The minimum atomic E-state index is -1.17. The number of carboxylic acids is 1. The van der Waals surface area contributed by atoms with Gasteiger partial charge in [-0.15, -0.1) is 0 Å². The van der Waals surface area contributed by atoms with E-state index >= 15 is 0 Å². The highest BCUT2D eigenvalue weighted by molar-refractivity contribution is 6.07. The van der Waals surface area contributed by atoms with E-state index in [2.05, 4.69) is 12.1 Å². The number of nitrogens with two attached hydrogens (primary N) is 1. The van der Waals surface area contributed by atoms with Crippen LogP contribution in [0.5, 0.6) is 0 Å². The van der Waals surface area contributed by atoms with Gasteiger partial charge in [0.25, 0.3) is 0 Å². The first kappa shape index (κ1) is 29.4. The molecule has 1 aromatic carbocycles. The first-order valence-corrected chi connectivity index (χ1v) is 14.5. The van der Waals surface area contributed by atoms with E-state index in [-0.39, 0.29) is 30.9 Å². The molecule has 3 atom stereocenters. The van der Waals surface area contributed by atoms with E-state index in [0.717, 1.165) is 50.0 Å². The summed E-state index contributed by atoms with van der Waals surface area (Å²) in [5.41, 5.74) is 6.91. The number of urea groups is 1. The van der Waals surface area contributed by atoms with Crippen molar-refractivity contribution in [1.82, 2.24) is 19.6 Å². The van der Waals surface area contributed by atoms with Gasteiger partial charge in [0.2, 0.25) is 11.8 Å². The molecule has 11 heteroatoms. The Morgan fingerprint density at radius 1 is 0.925 bits per heavy atom. The first-order chi connectivity index (χ1) is 19.3. The molecular formula is C29H42N6O5. The Morgan fingerprint density at radius 2 is 1.62 bits per heavy atom. The number of aryl methyl sites for hydroxylation is 1. The molecule has 11 nitrogen and oxygen atoms in total. The molecule has 0 aliphatic carbocycles. The molecule has 3 aliphatic rings. The monoisotopic (exact) mass is 554 g/mol. The minimum Gasteiger partial charge on any atom is -0.480 e. The van der Waals surface area contributed by atoms with Crippen LogP contribution in [-0.2, 0) is 20.8 Å². The summed E-state index contributed by atoms with van der Waals surface area (Å²) in [6.07, 6.45) is 7.20. The van der Waals surface area contributed by atoms with Gasteiger partial charge in [0, 0.05) is 45.7 Å². The van der Waals surface area contributed by atoms with Crippen LogP contribution >= 0.6 is 0 Å². The summed E-state index contributed by atoms with van der Waals surface area (Å²) in [5.74, 6) is -2.00. The number of carboxylic acid groups (broad SMARTS) is 1. The predicted molar refractivity (Wildman–Crippen MR) is 149 cm³/mol. The quantitative estimate of drug-likeness (QED) is 0.174. The highest BCUT2D eigenvalue weighted by atomic mass is 16.4. The number of likely N-dealkylation sites (tertiary alicyclic amines) is 2. The van der Waals surface area contributed by atoms with Crippen molar-refractivity contribution in [3.05, 3.63) is 35.9 Å². The van der Waals surface area contributed by atoms with Crippen molar-refractivity contribution in [3.63, 3.8) is 0 Å². The Balaban J connectivity index is 1.18. The lowest BCUT2D eigenvalue weighted by Crippen LogP contribution is -2.69. The largest absolute Gasteiger partial charge is 0.480 e. The third-order valence-corrected chi connectivity index (χ3v) is 8.52. The Kier molecular flexibility index (Phi) is 10.0. The fraction of sp³-hybridized carbons (Fsp3) is 0.621. The molecule has 4 amide bonds. The fourth-order valence-corrected chi connectivity index (χ4v) is 6.14. The van der Waals surface area contributed by atoms with Crippen molar-refractivity contribution in [3.8, 4) is 0 Å². The molecule has 218 valence electrons. The molecule has 3 saturated heterocycles. The number of piperazine rings is 1. The van der Waals surface area contributed by atoms with Crippen LogP contribution in [0.3, 0.4) is 0 Å². The molecule has 40 heavy (non-hydrogen) atoms. The Labute approximate surface area is 235 Å². The summed E-state index contributed by atoms with van der Waals surface area (Å²) in [6, 6.07) is 8.54. The third kappa shape index (κ3) is 7.11. The average Bonchev–Trinajstić information content (AvgIpc) is 2.96. The standard InChI is InChI=1S/C29H42N6O5/c30-28(31)34-15-7-11-22(20-34)13-14-23-25(27(38)39)35(26(23)37)29(40)33-18-16-32(17-19-33)24(36)12-6-2-5-10-21-8-3-1-4-9-21/h1,3-4,8-9,22-23,25H,2,5-7,10-20H2,(H3,30,31)(H,38,39)/t22?,23-,25?/m1/s1. The molecule has 0 saturated carbocycles. The summed E-state index contributed by atoms with van der Waals surface area (Å²) < 4.78 is 0. The van der Waals surface area contributed by atoms with Crippen molar-refractivity contribution in [2.45, 2.75) is 63.8 Å². The van der Waals surface area contributed by atoms with Gasteiger partial charge in [-0.2, -0.15) is 0 Å². The molecule has 0 radical (unpaired) electrons. The number of carbonyl (C=O) groups is 4. The van der Waals surface area contributed by atoms with Gasteiger partial charge in [0.15, 0.2) is 12.0 Å². The van der Waals surface area contributed by atoms with Crippen molar-refractivity contribution >= 4 is 29.8 Å². The molecule has 2 unspecified atom stereocenters. The number of rotatable bonds is 10. The zero-order valence-electron chi connectivity index (χ0n) is 23.2. The molecule has 0 aromatic heterocycles. The van der Waals surface area contributed by atoms with Gasteiger partial charge in [-0.3, -0.25) is 15.0 Å². The molecular weight excluding hydrogens is 512 g/mol. The number of benzene rings is 1. The number of carbonyl (C=O) groups excluding carboxylic acids is 3. The number of nitrogens with zero attached hydrogens (tertiary/aromatic N) is 4. The summed E-state index contributed by atoms with van der Waals surface area (Å²) >= 11 is 0. The fourth-order valence-electron chi connectivity index (χ4n) is 6.14. The van der Waals surface area contributed by atoms with E-state index in [4.69, 9.17) is 11.1 Å². The lowest BCUT2D eigenvalue weighted by Gasteiger charge is -2.46. The average molecular weight is 555 g/mol. The van der Waals surface area contributed by atoms with Crippen molar-refractivity contribution in [1.29, 1.82) is 5.41 Å². The molecule has 3 fully saturated rings. The number of piperidine rings is 1. The lowest BCUT2D eigenvalue weighted by molar-refractivity contribution is -0.167. The van der Waals surface area contributed by atoms with Crippen LogP contribution in [0.1, 0.15) is 56.9 Å². The molecule has 0 bridgehead atoms. The van der Waals surface area contributed by atoms with Crippen molar-refractivity contribution in [2.24, 2.45) is 17.6 Å². The maximum absolute atomic E-state index is 13.1. The Bertz CT molecular complexity index is 1070. The maximum Gasteiger partial charge on any atom is 0.327 e. The molecule has 1 aromatic rings. The van der Waals surface area contributed by atoms with Crippen LogP contribution in [0.2, 0.25) is 0 Å². The van der Waals surface area contributed by atoms with E-state index in [1.807, 2.05) is 18.2 Å². The lowest BCUT2D eigenvalue weighted by atomic mass is 9.80. The van der Waals surface area contributed by atoms with Gasteiger partial charge in [-0.05, 0) is 56.4 Å². The number of imide groups is 1. The zero-order valence-corrected chi connectivity index (χ0v) is 23.2. The van der Waals surface area contributed by atoms with E-state index in [1.54, 1.807) is 9.80 Å². The molecule has 3 heterocycles. The van der Waals surface area contributed by atoms with Crippen LogP contribution in [-0.4, -0.2) is 99.8 Å². The number of guanidine groups is 1. The summed E-state index contributed by atoms with van der Waals surface area (Å²) in [7, 11) is 0. The number of unbranched alkanes of at least 4 members (excludes halogenated alkanes) is 2. The van der Waals surface area contributed by atoms with Gasteiger partial charge < -0.3 is 25.5 Å². The molecule has 0 spiro atoms. The van der Waals surface area contributed by atoms with E-state index < -0.39 is 29.9 Å². The molecule has 4 N–H and O–H groups in total. The van der Waals surface area contributed by atoms with Gasteiger partial charge in [-0.25, -0.2) is 14.5 Å². The molecule has 4 rings (SSSR count). The van der Waals surface area contributed by atoms with Crippen LogP contribution < -0.4 is 5.73 Å². The van der Waals surface area contributed by atoms with Gasteiger partial charge in [0.1, 0.15) is 0 Å². The Hall–Kier alpha value is -3.63. The van der Waals surface area contributed by atoms with Crippen LogP contribution in [0, 0.1) is 17.2 Å². The number of amides is 4. The van der Waals surface area contributed by atoms with E-state index in [9.17, 15) is 24.3 Å². The smallest absolute Gasteiger partial charge is 0.327 e. The van der Waals surface area contributed by atoms with Crippen molar-refractivity contribution < 1.29 is 24.3 Å². The summed E-state index contributed by atoms with van der Waals surface area (Å²) in [5, 5.41) is 17.5. The second-order valence-electron chi connectivity index (χ2n) is 11.2. The van der Waals surface area contributed by atoms with Gasteiger partial charge >= 0.3 is 12.0 Å². The van der Waals surface area contributed by atoms with E-state index in [1.165, 1.54) is 10.5 Å². The SMILES string of the molecule is N=C(N)N1CCCC(CC[C@H]2C(=O)N(C(=O)N3CCN(C(=O)CCCCCc4ccccc4)CC3)C2C(=O)O)C1. The maximum atomic E-state index is 13.1. The third-order valence-electron chi connectivity index (χ3n) is 8.52. The number of aliphatic carboxylic acids is 1. The first-order valence-electron chi connectivity index (χ1n) is 14.5. The minimum absolute atomic E-state index is 0.0326. The zero-order chi connectivity index (χ0) is 28.6. The number of hydrogen-bond acceptors (Lipinski definition) is 5. The Morgan fingerprint density at radius 3 is 2.30 bits per heavy atom. The highest BCUT2D eigenvalue weighted by Gasteiger charge is 2.55. The number of β-lactam (4-membered cyclic amide) rings is 1.